The van der Waals surface area contributed by atoms with Crippen LogP contribution in [0, 0.1) is 0 Å². The molecule has 184 valence electrons. The van der Waals surface area contributed by atoms with Crippen molar-refractivity contribution in [3.8, 4) is 5.75 Å². The minimum absolute atomic E-state index is 0.0203. The Bertz CT molecular complexity index is 801. The summed E-state index contributed by atoms with van der Waals surface area (Å²) in [6, 6.07) is 1.21. The van der Waals surface area contributed by atoms with E-state index in [2.05, 4.69) is 16.0 Å². The first kappa shape index (κ1) is 27.8. The Labute approximate surface area is 191 Å². The SMILES string of the molecule is CC(N)C(=O)NC(CO)C(=O)NC(CCCCN)C(=O)NC(Cc1ccc(O)cc1)C(=O)O. The number of carbonyl (C=O) groups excluding carboxylic acids is 3. The van der Waals surface area contributed by atoms with Gasteiger partial charge in [0.05, 0.1) is 12.6 Å². The summed E-state index contributed by atoms with van der Waals surface area (Å²) in [6.07, 6.45) is 1.16. The van der Waals surface area contributed by atoms with Crippen LogP contribution in [0.3, 0.4) is 0 Å². The predicted molar refractivity (Wildman–Crippen MR) is 119 cm³/mol. The van der Waals surface area contributed by atoms with E-state index in [0.717, 1.165) is 0 Å². The number of amides is 3. The van der Waals surface area contributed by atoms with Gasteiger partial charge < -0.3 is 42.7 Å². The van der Waals surface area contributed by atoms with E-state index in [1.54, 1.807) is 0 Å². The van der Waals surface area contributed by atoms with E-state index in [0.29, 0.717) is 24.9 Å². The molecule has 0 saturated carbocycles. The molecular weight excluding hydrogens is 434 g/mol. The van der Waals surface area contributed by atoms with Gasteiger partial charge in [-0.2, -0.15) is 0 Å². The maximum absolute atomic E-state index is 12.8. The van der Waals surface area contributed by atoms with Crippen LogP contribution in [0.25, 0.3) is 0 Å². The van der Waals surface area contributed by atoms with Gasteiger partial charge in [-0.05, 0) is 50.4 Å². The van der Waals surface area contributed by atoms with E-state index in [4.69, 9.17) is 11.5 Å². The molecule has 0 aliphatic rings. The van der Waals surface area contributed by atoms with Gasteiger partial charge in [0.25, 0.3) is 0 Å². The van der Waals surface area contributed by atoms with Crippen molar-refractivity contribution in [3.63, 3.8) is 0 Å². The van der Waals surface area contributed by atoms with Crippen LogP contribution in [0.15, 0.2) is 24.3 Å². The fourth-order valence-electron chi connectivity index (χ4n) is 2.87. The van der Waals surface area contributed by atoms with Gasteiger partial charge in [0.15, 0.2) is 0 Å². The molecule has 0 radical (unpaired) electrons. The third-order valence-corrected chi connectivity index (χ3v) is 4.80. The first-order valence-electron chi connectivity index (χ1n) is 10.6. The molecule has 0 saturated heterocycles. The highest BCUT2D eigenvalue weighted by molar-refractivity contribution is 5.94. The molecule has 4 atom stereocenters. The third-order valence-electron chi connectivity index (χ3n) is 4.80. The van der Waals surface area contributed by atoms with E-state index in [9.17, 15) is 34.5 Å². The fraction of sp³-hybridized carbons (Fsp3) is 0.524. The number of aromatic hydroxyl groups is 1. The predicted octanol–water partition coefficient (Wildman–Crippen LogP) is -2.06. The topological polar surface area (TPSA) is 217 Å². The van der Waals surface area contributed by atoms with E-state index in [-0.39, 0.29) is 18.6 Å². The maximum Gasteiger partial charge on any atom is 0.326 e. The van der Waals surface area contributed by atoms with Crippen LogP contribution in [0.2, 0.25) is 0 Å². The van der Waals surface area contributed by atoms with Crippen molar-refractivity contribution >= 4 is 23.7 Å². The second-order valence-electron chi connectivity index (χ2n) is 7.65. The van der Waals surface area contributed by atoms with Crippen molar-refractivity contribution in [1.29, 1.82) is 0 Å². The zero-order valence-electron chi connectivity index (χ0n) is 18.5. The first-order chi connectivity index (χ1) is 15.6. The van der Waals surface area contributed by atoms with Crippen LogP contribution in [-0.4, -0.2) is 76.3 Å². The minimum atomic E-state index is -1.33. The molecule has 0 bridgehead atoms. The molecule has 1 rings (SSSR count). The molecule has 12 heteroatoms. The molecule has 3 amide bonds. The van der Waals surface area contributed by atoms with Crippen LogP contribution in [0.4, 0.5) is 0 Å². The van der Waals surface area contributed by atoms with Crippen molar-refractivity contribution in [2.24, 2.45) is 11.5 Å². The normalized spacial score (nSPS) is 14.4. The number of phenolic OH excluding ortho intramolecular Hbond substituents is 1. The summed E-state index contributed by atoms with van der Waals surface area (Å²) in [5.41, 5.74) is 11.5. The van der Waals surface area contributed by atoms with Gasteiger partial charge in [-0.3, -0.25) is 14.4 Å². The standard InChI is InChI=1S/C21H33N5O7/c1-12(23)18(29)26-17(11-27)20(31)24-15(4-2-3-9-22)19(30)25-16(21(32)33)10-13-5-7-14(28)8-6-13/h5-8,12,15-17,27-28H,2-4,9-11,22-23H2,1H3,(H,24,31)(H,25,30)(H,26,29)(H,32,33). The van der Waals surface area contributed by atoms with E-state index >= 15 is 0 Å². The third kappa shape index (κ3) is 9.85. The molecule has 0 fully saturated rings. The van der Waals surface area contributed by atoms with E-state index in [1.165, 1.54) is 31.2 Å². The van der Waals surface area contributed by atoms with Gasteiger partial charge in [-0.15, -0.1) is 0 Å². The number of aliphatic hydroxyl groups excluding tert-OH is 1. The molecule has 12 nitrogen and oxygen atoms in total. The van der Waals surface area contributed by atoms with Gasteiger partial charge in [0, 0.05) is 6.42 Å². The molecule has 0 aliphatic carbocycles. The van der Waals surface area contributed by atoms with Crippen molar-refractivity contribution in [3.05, 3.63) is 29.8 Å². The van der Waals surface area contributed by atoms with Gasteiger partial charge >= 0.3 is 5.97 Å². The number of hydrogen-bond acceptors (Lipinski definition) is 8. The second kappa shape index (κ2) is 14.0. The van der Waals surface area contributed by atoms with Crippen LogP contribution in [0.5, 0.6) is 5.75 Å². The quantitative estimate of drug-likeness (QED) is 0.141. The lowest BCUT2D eigenvalue weighted by Crippen LogP contribution is -2.58. The maximum atomic E-state index is 12.8. The lowest BCUT2D eigenvalue weighted by Gasteiger charge is -2.24. The molecule has 33 heavy (non-hydrogen) atoms. The van der Waals surface area contributed by atoms with Crippen LogP contribution < -0.4 is 27.4 Å². The molecular formula is C21H33N5O7. The molecule has 0 aliphatic heterocycles. The highest BCUT2D eigenvalue weighted by atomic mass is 16.4. The summed E-state index contributed by atoms with van der Waals surface area (Å²) in [5.74, 6) is -3.47. The number of aliphatic carboxylic acids is 1. The summed E-state index contributed by atoms with van der Waals surface area (Å²) in [6.45, 7) is 1.05. The van der Waals surface area contributed by atoms with Crippen LogP contribution in [-0.2, 0) is 25.6 Å². The van der Waals surface area contributed by atoms with Gasteiger partial charge in [0.2, 0.25) is 17.7 Å². The lowest BCUT2D eigenvalue weighted by atomic mass is 10.0. The highest BCUT2D eigenvalue weighted by Gasteiger charge is 2.29. The Morgan fingerprint density at radius 2 is 1.45 bits per heavy atom. The van der Waals surface area contributed by atoms with Crippen LogP contribution >= 0.6 is 0 Å². The Balaban J connectivity index is 2.92. The number of benzene rings is 1. The Morgan fingerprint density at radius 1 is 0.909 bits per heavy atom. The largest absolute Gasteiger partial charge is 0.508 e. The number of carboxylic acids is 1. The van der Waals surface area contributed by atoms with Gasteiger partial charge in [-0.1, -0.05) is 12.1 Å². The van der Waals surface area contributed by atoms with Crippen molar-refractivity contribution < 1.29 is 34.5 Å². The molecule has 0 aromatic heterocycles. The Morgan fingerprint density at radius 3 is 1.97 bits per heavy atom. The molecule has 10 N–H and O–H groups in total. The molecule has 1 aromatic carbocycles. The Hall–Kier alpha value is -3.22. The summed E-state index contributed by atoms with van der Waals surface area (Å²) < 4.78 is 0. The number of nitrogens with one attached hydrogen (secondary N) is 3. The molecule has 0 heterocycles. The van der Waals surface area contributed by atoms with Gasteiger partial charge in [-0.25, -0.2) is 4.79 Å². The number of carbonyl (C=O) groups is 4. The number of aliphatic hydroxyl groups is 1. The fourth-order valence-corrected chi connectivity index (χ4v) is 2.87. The lowest BCUT2D eigenvalue weighted by molar-refractivity contribution is -0.142. The van der Waals surface area contributed by atoms with E-state index in [1.807, 2.05) is 0 Å². The monoisotopic (exact) mass is 467 g/mol. The number of nitrogens with two attached hydrogens (primary N) is 2. The number of carboxylic acid groups (broad SMARTS) is 1. The summed E-state index contributed by atoms with van der Waals surface area (Å²) >= 11 is 0. The number of hydrogen-bond donors (Lipinski definition) is 8. The van der Waals surface area contributed by atoms with Crippen molar-refractivity contribution in [1.82, 2.24) is 16.0 Å². The number of unbranched alkanes of at least 4 members (excludes halogenated alkanes) is 1. The first-order valence-corrected chi connectivity index (χ1v) is 10.6. The number of phenols is 1. The average molecular weight is 468 g/mol. The minimum Gasteiger partial charge on any atom is -0.508 e. The highest BCUT2D eigenvalue weighted by Crippen LogP contribution is 2.12. The zero-order chi connectivity index (χ0) is 25.0. The Kier molecular flexibility index (Phi) is 11.8. The van der Waals surface area contributed by atoms with E-state index < -0.39 is 54.5 Å². The molecule has 4 unspecified atom stereocenters. The molecule has 0 spiro atoms. The number of rotatable bonds is 14. The van der Waals surface area contributed by atoms with Crippen molar-refractivity contribution in [2.45, 2.75) is 56.8 Å². The smallest absolute Gasteiger partial charge is 0.326 e. The second-order valence-corrected chi connectivity index (χ2v) is 7.65. The van der Waals surface area contributed by atoms with Crippen LogP contribution in [0.1, 0.15) is 31.7 Å². The summed E-state index contributed by atoms with van der Waals surface area (Å²) in [5, 5.41) is 35.5. The molecule has 1 aromatic rings. The van der Waals surface area contributed by atoms with Crippen molar-refractivity contribution in [2.75, 3.05) is 13.2 Å². The average Bonchev–Trinajstić information content (AvgIpc) is 2.77. The zero-order valence-corrected chi connectivity index (χ0v) is 18.5. The summed E-state index contributed by atoms with van der Waals surface area (Å²) in [7, 11) is 0. The summed E-state index contributed by atoms with van der Waals surface area (Å²) in [4.78, 5) is 48.8. The van der Waals surface area contributed by atoms with Gasteiger partial charge in [0.1, 0.15) is 23.9 Å².